The van der Waals surface area contributed by atoms with Crippen molar-refractivity contribution in [3.63, 3.8) is 0 Å². The molecule has 0 saturated heterocycles. The fourth-order valence-electron chi connectivity index (χ4n) is 2.59. The first kappa shape index (κ1) is 14.6. The molecule has 0 aliphatic heterocycles. The van der Waals surface area contributed by atoms with Gasteiger partial charge in [0, 0.05) is 16.9 Å². The summed E-state index contributed by atoms with van der Waals surface area (Å²) in [5.74, 6) is 1.08. The molecule has 2 rings (SSSR count). The highest BCUT2D eigenvalue weighted by Gasteiger charge is 2.15. The maximum absolute atomic E-state index is 11.2. The zero-order chi connectivity index (χ0) is 14.5. The van der Waals surface area contributed by atoms with Crippen LogP contribution in [0.1, 0.15) is 68.0 Å². The lowest BCUT2D eigenvalue weighted by Gasteiger charge is -2.11. The smallest absolute Gasteiger partial charge is 0.248 e. The highest BCUT2D eigenvalue weighted by atomic mass is 16.3. The number of unbranched alkanes of at least 4 members (excludes halogenated alkanes) is 2. The number of hydrogen-bond acceptors (Lipinski definition) is 2. The van der Waals surface area contributed by atoms with Crippen LogP contribution in [-0.2, 0) is 0 Å². The molecular weight excluding hydrogens is 250 g/mol. The molecule has 2 N–H and O–H groups in total. The first-order valence-corrected chi connectivity index (χ1v) is 7.49. The average Bonchev–Trinajstić information content (AvgIpc) is 2.86. The van der Waals surface area contributed by atoms with E-state index in [2.05, 4.69) is 19.9 Å². The number of rotatable bonds is 7. The Labute approximate surface area is 120 Å². The lowest BCUT2D eigenvalue weighted by atomic mass is 9.96. The van der Waals surface area contributed by atoms with Crippen LogP contribution in [0.25, 0.3) is 11.0 Å². The molecule has 0 radical (unpaired) electrons. The van der Waals surface area contributed by atoms with E-state index < -0.39 is 5.91 Å². The first-order chi connectivity index (χ1) is 9.65. The fraction of sp³-hybridized carbons (Fsp3) is 0.471. The van der Waals surface area contributed by atoms with E-state index in [9.17, 15) is 4.79 Å². The molecule has 0 saturated carbocycles. The summed E-state index contributed by atoms with van der Waals surface area (Å²) in [5, 5.41) is 1.04. The molecule has 0 aliphatic carbocycles. The maximum atomic E-state index is 11.2. The van der Waals surface area contributed by atoms with Crippen molar-refractivity contribution in [3.8, 4) is 0 Å². The van der Waals surface area contributed by atoms with Gasteiger partial charge in [0.05, 0.1) is 0 Å². The van der Waals surface area contributed by atoms with Crippen LogP contribution < -0.4 is 5.73 Å². The second-order valence-corrected chi connectivity index (χ2v) is 5.37. The summed E-state index contributed by atoms with van der Waals surface area (Å²) in [6, 6.07) is 7.49. The number of amides is 1. The summed E-state index contributed by atoms with van der Waals surface area (Å²) in [6.07, 6.45) is 5.97. The Morgan fingerprint density at radius 3 is 2.70 bits per heavy atom. The zero-order valence-electron chi connectivity index (χ0n) is 12.3. The van der Waals surface area contributed by atoms with Crippen molar-refractivity contribution in [1.82, 2.24) is 0 Å². The van der Waals surface area contributed by atoms with Crippen LogP contribution in [0.2, 0.25) is 0 Å². The van der Waals surface area contributed by atoms with Crippen LogP contribution in [0.5, 0.6) is 0 Å². The number of nitrogens with two attached hydrogens (primary N) is 1. The van der Waals surface area contributed by atoms with Gasteiger partial charge in [-0.05, 0) is 31.0 Å². The summed E-state index contributed by atoms with van der Waals surface area (Å²) in [5.41, 5.74) is 6.55. The molecule has 1 aromatic heterocycles. The third-order valence-corrected chi connectivity index (χ3v) is 3.87. The Morgan fingerprint density at radius 1 is 1.25 bits per heavy atom. The van der Waals surface area contributed by atoms with Gasteiger partial charge in [-0.1, -0.05) is 39.2 Å². The van der Waals surface area contributed by atoms with Gasteiger partial charge >= 0.3 is 0 Å². The molecule has 3 heteroatoms. The summed E-state index contributed by atoms with van der Waals surface area (Å²) in [4.78, 5) is 11.2. The number of furan rings is 1. The molecule has 0 fully saturated rings. The van der Waals surface area contributed by atoms with E-state index in [1.165, 1.54) is 19.3 Å². The molecule has 20 heavy (non-hydrogen) atoms. The molecule has 0 bridgehead atoms. The van der Waals surface area contributed by atoms with Crippen molar-refractivity contribution >= 4 is 16.9 Å². The van der Waals surface area contributed by atoms with Gasteiger partial charge in [-0.3, -0.25) is 4.79 Å². The van der Waals surface area contributed by atoms with E-state index in [1.807, 2.05) is 6.07 Å². The number of benzene rings is 1. The highest BCUT2D eigenvalue weighted by molar-refractivity contribution is 5.96. The third-order valence-electron chi connectivity index (χ3n) is 3.87. The molecule has 3 nitrogen and oxygen atoms in total. The van der Waals surface area contributed by atoms with Crippen LogP contribution >= 0.6 is 0 Å². The summed E-state index contributed by atoms with van der Waals surface area (Å²) < 4.78 is 5.93. The van der Waals surface area contributed by atoms with E-state index in [4.69, 9.17) is 10.2 Å². The van der Waals surface area contributed by atoms with Gasteiger partial charge in [0.25, 0.3) is 0 Å². The van der Waals surface area contributed by atoms with Gasteiger partial charge < -0.3 is 10.2 Å². The van der Waals surface area contributed by atoms with Crippen molar-refractivity contribution in [2.45, 2.75) is 51.9 Å². The van der Waals surface area contributed by atoms with Crippen LogP contribution in [0.3, 0.4) is 0 Å². The average molecular weight is 273 g/mol. The number of primary amides is 1. The quantitative estimate of drug-likeness (QED) is 0.749. The Kier molecular flexibility index (Phi) is 4.83. The largest absolute Gasteiger partial charge is 0.461 e. The molecule has 1 amide bonds. The number of fused-ring (bicyclic) bond motifs is 1. The lowest BCUT2D eigenvalue weighted by molar-refractivity contribution is 0.100. The molecule has 1 unspecified atom stereocenters. The number of carbonyl (C=O) groups excluding carboxylic acids is 1. The van der Waals surface area contributed by atoms with E-state index in [1.54, 1.807) is 12.1 Å². The van der Waals surface area contributed by atoms with Crippen LogP contribution in [-0.4, -0.2) is 5.91 Å². The molecule has 0 spiro atoms. The van der Waals surface area contributed by atoms with Crippen molar-refractivity contribution in [1.29, 1.82) is 0 Å². The van der Waals surface area contributed by atoms with E-state index in [0.717, 1.165) is 29.6 Å². The summed E-state index contributed by atoms with van der Waals surface area (Å²) in [7, 11) is 0. The van der Waals surface area contributed by atoms with Gasteiger partial charge in [-0.15, -0.1) is 0 Å². The predicted octanol–water partition coefficient (Wildman–Crippen LogP) is 4.61. The number of hydrogen-bond donors (Lipinski definition) is 1. The standard InChI is InChI=1S/C17H23NO2/c1-3-5-6-7-12(4-2)15-10-13-8-9-14(17(18)19)11-16(13)20-15/h8-12H,3-7H2,1-2H3,(H2,18,19). The van der Waals surface area contributed by atoms with Crippen molar-refractivity contribution in [2.75, 3.05) is 0 Å². The van der Waals surface area contributed by atoms with Crippen molar-refractivity contribution < 1.29 is 9.21 Å². The Morgan fingerprint density at radius 2 is 2.05 bits per heavy atom. The minimum Gasteiger partial charge on any atom is -0.461 e. The topological polar surface area (TPSA) is 56.2 Å². The molecule has 2 aromatic rings. The SMILES string of the molecule is CCCCCC(CC)c1cc2ccc(C(N)=O)cc2o1. The monoisotopic (exact) mass is 273 g/mol. The van der Waals surface area contributed by atoms with Gasteiger partial charge in [0.2, 0.25) is 5.91 Å². The maximum Gasteiger partial charge on any atom is 0.248 e. The van der Waals surface area contributed by atoms with Crippen LogP contribution in [0, 0.1) is 0 Å². The molecule has 1 atom stereocenters. The van der Waals surface area contributed by atoms with E-state index in [-0.39, 0.29) is 0 Å². The third kappa shape index (κ3) is 3.21. The number of carbonyl (C=O) groups is 1. The summed E-state index contributed by atoms with van der Waals surface area (Å²) in [6.45, 7) is 4.41. The minimum absolute atomic E-state index is 0.417. The zero-order valence-corrected chi connectivity index (χ0v) is 12.3. The Hall–Kier alpha value is -1.77. The molecule has 108 valence electrons. The highest BCUT2D eigenvalue weighted by Crippen LogP contribution is 2.31. The van der Waals surface area contributed by atoms with Crippen molar-refractivity contribution in [3.05, 3.63) is 35.6 Å². The Balaban J connectivity index is 2.23. The molecule has 1 aromatic carbocycles. The molecule has 0 aliphatic rings. The van der Waals surface area contributed by atoms with Gasteiger partial charge in [0.1, 0.15) is 11.3 Å². The van der Waals surface area contributed by atoms with Crippen molar-refractivity contribution in [2.24, 2.45) is 5.73 Å². The molecular formula is C17H23NO2. The first-order valence-electron chi connectivity index (χ1n) is 7.49. The second-order valence-electron chi connectivity index (χ2n) is 5.37. The second kappa shape index (κ2) is 6.60. The van der Waals surface area contributed by atoms with E-state index in [0.29, 0.717) is 11.5 Å². The van der Waals surface area contributed by atoms with Gasteiger partial charge in [-0.25, -0.2) is 0 Å². The fourth-order valence-corrected chi connectivity index (χ4v) is 2.59. The lowest BCUT2D eigenvalue weighted by Crippen LogP contribution is -2.10. The Bertz CT molecular complexity index is 586. The summed E-state index contributed by atoms with van der Waals surface area (Å²) >= 11 is 0. The van der Waals surface area contributed by atoms with Crippen LogP contribution in [0.4, 0.5) is 0 Å². The van der Waals surface area contributed by atoms with Crippen LogP contribution in [0.15, 0.2) is 28.7 Å². The van der Waals surface area contributed by atoms with Gasteiger partial charge in [0.15, 0.2) is 0 Å². The molecule has 1 heterocycles. The van der Waals surface area contributed by atoms with Gasteiger partial charge in [-0.2, -0.15) is 0 Å². The predicted molar refractivity (Wildman–Crippen MR) is 81.9 cm³/mol. The normalized spacial score (nSPS) is 12.7. The van der Waals surface area contributed by atoms with E-state index >= 15 is 0 Å². The minimum atomic E-state index is -0.417.